The van der Waals surface area contributed by atoms with E-state index in [0.717, 1.165) is 18.4 Å². The van der Waals surface area contributed by atoms with E-state index in [2.05, 4.69) is 50.5 Å². The van der Waals surface area contributed by atoms with Crippen LogP contribution in [0.2, 0.25) is 0 Å². The van der Waals surface area contributed by atoms with Crippen molar-refractivity contribution in [1.29, 1.82) is 0 Å². The number of benzene rings is 2. The van der Waals surface area contributed by atoms with Gasteiger partial charge in [0.15, 0.2) is 0 Å². The lowest BCUT2D eigenvalue weighted by molar-refractivity contribution is -0.115. The minimum atomic E-state index is 0.0169. The van der Waals surface area contributed by atoms with Crippen molar-refractivity contribution in [3.63, 3.8) is 0 Å². The van der Waals surface area contributed by atoms with Gasteiger partial charge < -0.3 is 5.32 Å². The third kappa shape index (κ3) is 3.68. The van der Waals surface area contributed by atoms with Crippen LogP contribution in [0.5, 0.6) is 0 Å². The third-order valence-electron chi connectivity index (χ3n) is 2.46. The fourth-order valence-corrected chi connectivity index (χ4v) is 2.67. The molecular formula is C14H11I2NO. The van der Waals surface area contributed by atoms with Crippen molar-refractivity contribution in [1.82, 2.24) is 0 Å². The summed E-state index contributed by atoms with van der Waals surface area (Å²) in [7, 11) is 0. The molecule has 1 N–H and O–H groups in total. The summed E-state index contributed by atoms with van der Waals surface area (Å²) in [6.45, 7) is 0. The van der Waals surface area contributed by atoms with Gasteiger partial charge in [0.2, 0.25) is 5.91 Å². The number of anilines is 1. The molecule has 0 atom stereocenters. The minimum absolute atomic E-state index is 0.0169. The molecule has 0 aliphatic rings. The molecule has 2 rings (SSSR count). The molecule has 0 heterocycles. The van der Waals surface area contributed by atoms with E-state index in [1.54, 1.807) is 0 Å². The standard InChI is InChI=1S/C14H11I2NO/c15-11-6-2-1-5-10(11)9-14(18)17-13-8-4-3-7-12(13)16/h1-8H,9H2,(H,17,18). The first-order chi connectivity index (χ1) is 8.66. The van der Waals surface area contributed by atoms with Crippen molar-refractivity contribution >= 4 is 56.8 Å². The zero-order valence-corrected chi connectivity index (χ0v) is 13.8. The first-order valence-corrected chi connectivity index (χ1v) is 7.60. The molecule has 0 saturated heterocycles. The zero-order valence-electron chi connectivity index (χ0n) is 9.49. The Morgan fingerprint density at radius 1 is 0.944 bits per heavy atom. The van der Waals surface area contributed by atoms with Crippen LogP contribution in [0.25, 0.3) is 0 Å². The lowest BCUT2D eigenvalue weighted by Crippen LogP contribution is -2.15. The smallest absolute Gasteiger partial charge is 0.228 e. The maximum atomic E-state index is 12.0. The molecule has 4 heteroatoms. The van der Waals surface area contributed by atoms with Gasteiger partial charge in [-0.3, -0.25) is 4.79 Å². The molecule has 0 unspecified atom stereocenters. The Balaban J connectivity index is 2.06. The molecule has 2 aromatic rings. The summed E-state index contributed by atoms with van der Waals surface area (Å²) in [5.41, 5.74) is 1.93. The Morgan fingerprint density at radius 3 is 2.22 bits per heavy atom. The molecule has 0 radical (unpaired) electrons. The van der Waals surface area contributed by atoms with Crippen LogP contribution in [0.4, 0.5) is 5.69 Å². The van der Waals surface area contributed by atoms with Gasteiger partial charge in [0.25, 0.3) is 0 Å². The zero-order chi connectivity index (χ0) is 13.0. The number of rotatable bonds is 3. The molecule has 0 aliphatic heterocycles. The van der Waals surface area contributed by atoms with Gasteiger partial charge >= 0.3 is 0 Å². The summed E-state index contributed by atoms with van der Waals surface area (Å²) in [4.78, 5) is 12.0. The molecule has 0 saturated carbocycles. The van der Waals surface area contributed by atoms with Crippen molar-refractivity contribution in [3.8, 4) is 0 Å². The Kier molecular flexibility index (Phi) is 4.99. The molecule has 0 aromatic heterocycles. The van der Waals surface area contributed by atoms with Gasteiger partial charge in [-0.25, -0.2) is 0 Å². The molecule has 18 heavy (non-hydrogen) atoms. The maximum Gasteiger partial charge on any atom is 0.228 e. The summed E-state index contributed by atoms with van der Waals surface area (Å²) in [6.07, 6.45) is 0.407. The van der Waals surface area contributed by atoms with Crippen molar-refractivity contribution in [3.05, 3.63) is 61.2 Å². The molecule has 92 valence electrons. The average molecular weight is 463 g/mol. The van der Waals surface area contributed by atoms with Gasteiger partial charge in [0.05, 0.1) is 12.1 Å². The van der Waals surface area contributed by atoms with E-state index in [4.69, 9.17) is 0 Å². The lowest BCUT2D eigenvalue weighted by Gasteiger charge is -2.08. The first-order valence-electron chi connectivity index (χ1n) is 5.44. The maximum absolute atomic E-state index is 12.0. The number of halogens is 2. The number of hydrogen-bond acceptors (Lipinski definition) is 1. The van der Waals surface area contributed by atoms with Gasteiger partial charge in [0, 0.05) is 7.14 Å². The fourth-order valence-electron chi connectivity index (χ4n) is 1.57. The van der Waals surface area contributed by atoms with Crippen LogP contribution < -0.4 is 5.32 Å². The summed E-state index contributed by atoms with van der Waals surface area (Å²) in [5, 5.41) is 2.94. The minimum Gasteiger partial charge on any atom is -0.325 e. The normalized spacial score (nSPS) is 10.1. The highest BCUT2D eigenvalue weighted by Crippen LogP contribution is 2.18. The van der Waals surface area contributed by atoms with Crippen molar-refractivity contribution in [2.75, 3.05) is 5.32 Å². The monoisotopic (exact) mass is 463 g/mol. The van der Waals surface area contributed by atoms with Crippen molar-refractivity contribution in [2.45, 2.75) is 6.42 Å². The predicted molar refractivity (Wildman–Crippen MR) is 90.7 cm³/mol. The van der Waals surface area contributed by atoms with E-state index in [9.17, 15) is 4.79 Å². The number of hydrogen-bond donors (Lipinski definition) is 1. The van der Waals surface area contributed by atoms with Crippen LogP contribution in [0.1, 0.15) is 5.56 Å². The second kappa shape index (κ2) is 6.51. The third-order valence-corrected chi connectivity index (χ3v) is 4.45. The summed E-state index contributed by atoms with van der Waals surface area (Å²) in [6, 6.07) is 15.7. The van der Waals surface area contributed by atoms with Crippen LogP contribution in [0.3, 0.4) is 0 Å². The molecule has 1 amide bonds. The van der Waals surface area contributed by atoms with Crippen LogP contribution in [0, 0.1) is 7.14 Å². The first kappa shape index (κ1) is 13.8. The number of para-hydroxylation sites is 1. The fraction of sp³-hybridized carbons (Fsp3) is 0.0714. The van der Waals surface area contributed by atoms with Gasteiger partial charge in [-0.1, -0.05) is 30.3 Å². The Morgan fingerprint density at radius 2 is 1.56 bits per heavy atom. The quantitative estimate of drug-likeness (QED) is 0.684. The lowest BCUT2D eigenvalue weighted by atomic mass is 10.1. The highest BCUT2D eigenvalue weighted by molar-refractivity contribution is 14.1. The van der Waals surface area contributed by atoms with Crippen molar-refractivity contribution in [2.24, 2.45) is 0 Å². The van der Waals surface area contributed by atoms with E-state index >= 15 is 0 Å². The summed E-state index contributed by atoms with van der Waals surface area (Å²) >= 11 is 4.47. The predicted octanol–water partition coefficient (Wildman–Crippen LogP) is 4.08. The molecule has 2 aromatic carbocycles. The molecule has 0 spiro atoms. The largest absolute Gasteiger partial charge is 0.325 e. The van der Waals surface area contributed by atoms with Gasteiger partial charge in [0.1, 0.15) is 0 Å². The molecule has 0 fully saturated rings. The second-order valence-corrected chi connectivity index (χ2v) is 6.12. The van der Waals surface area contributed by atoms with Gasteiger partial charge in [-0.05, 0) is 68.9 Å². The summed E-state index contributed by atoms with van der Waals surface area (Å²) in [5.74, 6) is 0.0169. The second-order valence-electron chi connectivity index (χ2n) is 3.80. The molecule has 0 bridgehead atoms. The van der Waals surface area contributed by atoms with Crippen molar-refractivity contribution < 1.29 is 4.79 Å². The number of nitrogens with one attached hydrogen (secondary N) is 1. The van der Waals surface area contributed by atoms with Gasteiger partial charge in [-0.2, -0.15) is 0 Å². The molecule has 0 aliphatic carbocycles. The average Bonchev–Trinajstić information content (AvgIpc) is 2.35. The number of carbonyl (C=O) groups excluding carboxylic acids is 1. The van der Waals surface area contributed by atoms with Gasteiger partial charge in [-0.15, -0.1) is 0 Å². The summed E-state index contributed by atoms with van der Waals surface area (Å²) < 4.78 is 2.17. The SMILES string of the molecule is O=C(Cc1ccccc1I)Nc1ccccc1I. The van der Waals surface area contributed by atoms with E-state index in [-0.39, 0.29) is 5.91 Å². The topological polar surface area (TPSA) is 29.1 Å². The van der Waals surface area contributed by atoms with E-state index in [1.807, 2.05) is 48.5 Å². The van der Waals surface area contributed by atoms with Crippen LogP contribution in [-0.4, -0.2) is 5.91 Å². The molecule has 2 nitrogen and oxygen atoms in total. The highest BCUT2D eigenvalue weighted by Gasteiger charge is 2.07. The molecular weight excluding hydrogens is 452 g/mol. The Labute approximate surface area is 133 Å². The number of amides is 1. The van der Waals surface area contributed by atoms with Crippen LogP contribution in [0.15, 0.2) is 48.5 Å². The van der Waals surface area contributed by atoms with E-state index in [1.165, 1.54) is 0 Å². The number of carbonyl (C=O) groups is 1. The van der Waals surface area contributed by atoms with Crippen LogP contribution in [-0.2, 0) is 11.2 Å². The van der Waals surface area contributed by atoms with E-state index < -0.39 is 0 Å². The highest BCUT2D eigenvalue weighted by atomic mass is 127. The van der Waals surface area contributed by atoms with Crippen LogP contribution >= 0.6 is 45.2 Å². The van der Waals surface area contributed by atoms with E-state index in [0.29, 0.717) is 6.42 Å². The Bertz CT molecular complexity index is 520. The Hall–Kier alpha value is -0.630.